The third-order valence-electron chi connectivity index (χ3n) is 4.02. The molecule has 2 saturated heterocycles. The number of piperidine rings is 1. The van der Waals surface area contributed by atoms with Crippen LogP contribution in [-0.2, 0) is 4.74 Å². The van der Waals surface area contributed by atoms with E-state index in [2.05, 4.69) is 17.3 Å². The summed E-state index contributed by atoms with van der Waals surface area (Å²) in [4.78, 5) is 2.31. The smallest absolute Gasteiger partial charge is 0.0817 e. The van der Waals surface area contributed by atoms with Crippen molar-refractivity contribution in [3.8, 4) is 0 Å². The van der Waals surface area contributed by atoms with E-state index < -0.39 is 5.60 Å². The van der Waals surface area contributed by atoms with E-state index in [9.17, 15) is 5.11 Å². The van der Waals surface area contributed by atoms with Gasteiger partial charge in [-0.2, -0.15) is 0 Å². The third-order valence-corrected chi connectivity index (χ3v) is 4.02. The molecule has 17 heavy (non-hydrogen) atoms. The minimum atomic E-state index is -0.514. The molecule has 2 fully saturated rings. The molecule has 2 aliphatic heterocycles. The van der Waals surface area contributed by atoms with Crippen molar-refractivity contribution in [1.29, 1.82) is 0 Å². The highest BCUT2D eigenvalue weighted by atomic mass is 16.5. The molecule has 0 aliphatic carbocycles. The van der Waals surface area contributed by atoms with Gasteiger partial charge in [-0.15, -0.1) is 0 Å². The van der Waals surface area contributed by atoms with Gasteiger partial charge in [-0.05, 0) is 38.9 Å². The summed E-state index contributed by atoms with van der Waals surface area (Å²) in [5, 5.41) is 13.8. The maximum Gasteiger partial charge on any atom is 0.0817 e. The van der Waals surface area contributed by atoms with Gasteiger partial charge < -0.3 is 20.1 Å². The molecule has 0 saturated carbocycles. The lowest BCUT2D eigenvalue weighted by Crippen LogP contribution is -2.47. The predicted molar refractivity (Wildman–Crippen MR) is 68.1 cm³/mol. The Morgan fingerprint density at radius 3 is 2.59 bits per heavy atom. The maximum absolute atomic E-state index is 10.4. The highest BCUT2D eigenvalue weighted by Gasteiger charge is 2.31. The Kier molecular flexibility index (Phi) is 4.79. The second kappa shape index (κ2) is 6.14. The summed E-state index contributed by atoms with van der Waals surface area (Å²) in [5.41, 5.74) is -0.514. The normalized spacial score (nSPS) is 26.3. The highest BCUT2D eigenvalue weighted by Crippen LogP contribution is 2.22. The van der Waals surface area contributed by atoms with Crippen LogP contribution in [0.4, 0.5) is 0 Å². The number of likely N-dealkylation sites (N-methyl/N-ethyl adjacent to an activating group) is 1. The van der Waals surface area contributed by atoms with Crippen molar-refractivity contribution < 1.29 is 9.84 Å². The van der Waals surface area contributed by atoms with Crippen molar-refractivity contribution in [1.82, 2.24) is 10.2 Å². The molecule has 100 valence electrons. The molecule has 2 N–H and O–H groups in total. The van der Waals surface area contributed by atoms with Crippen molar-refractivity contribution in [3.05, 3.63) is 0 Å². The first-order valence-corrected chi connectivity index (χ1v) is 6.87. The molecular weight excluding hydrogens is 216 g/mol. The van der Waals surface area contributed by atoms with Crippen molar-refractivity contribution in [3.63, 3.8) is 0 Å². The van der Waals surface area contributed by atoms with Crippen LogP contribution in [0, 0.1) is 5.92 Å². The molecule has 0 bridgehead atoms. The monoisotopic (exact) mass is 242 g/mol. The minimum absolute atomic E-state index is 0.514. The molecule has 0 aromatic heterocycles. The SMILES string of the molecule is CN(CC1CCNCC1)CC1(O)CCOCC1. The lowest BCUT2D eigenvalue weighted by atomic mass is 9.92. The molecule has 0 amide bonds. The molecule has 4 nitrogen and oxygen atoms in total. The molecule has 2 heterocycles. The largest absolute Gasteiger partial charge is 0.388 e. The average Bonchev–Trinajstić information content (AvgIpc) is 2.30. The van der Waals surface area contributed by atoms with E-state index in [1.165, 1.54) is 12.8 Å². The molecule has 0 spiro atoms. The van der Waals surface area contributed by atoms with E-state index in [0.29, 0.717) is 13.2 Å². The quantitative estimate of drug-likeness (QED) is 0.752. The van der Waals surface area contributed by atoms with E-state index in [1.54, 1.807) is 0 Å². The number of ether oxygens (including phenoxy) is 1. The lowest BCUT2D eigenvalue weighted by molar-refractivity contribution is -0.0783. The van der Waals surface area contributed by atoms with Crippen LogP contribution in [0.3, 0.4) is 0 Å². The minimum Gasteiger partial charge on any atom is -0.388 e. The lowest BCUT2D eigenvalue weighted by Gasteiger charge is -2.37. The van der Waals surface area contributed by atoms with Gasteiger partial charge in [-0.1, -0.05) is 0 Å². The van der Waals surface area contributed by atoms with E-state index >= 15 is 0 Å². The van der Waals surface area contributed by atoms with Crippen molar-refractivity contribution >= 4 is 0 Å². The Morgan fingerprint density at radius 1 is 1.29 bits per heavy atom. The summed E-state index contributed by atoms with van der Waals surface area (Å²) >= 11 is 0. The van der Waals surface area contributed by atoms with Gasteiger partial charge in [-0.25, -0.2) is 0 Å². The fourth-order valence-electron chi connectivity index (χ4n) is 2.98. The molecule has 4 heteroatoms. The molecule has 0 aromatic rings. The van der Waals surface area contributed by atoms with E-state index in [1.807, 2.05) is 0 Å². The first-order chi connectivity index (χ1) is 8.18. The predicted octanol–water partition coefficient (Wildman–Crippen LogP) is 0.459. The summed E-state index contributed by atoms with van der Waals surface area (Å²) in [6, 6.07) is 0. The van der Waals surface area contributed by atoms with Gasteiger partial charge >= 0.3 is 0 Å². The van der Waals surface area contributed by atoms with Crippen LogP contribution in [0.1, 0.15) is 25.7 Å². The van der Waals surface area contributed by atoms with E-state index in [-0.39, 0.29) is 0 Å². The number of aliphatic hydroxyl groups is 1. The average molecular weight is 242 g/mol. The number of nitrogens with zero attached hydrogens (tertiary/aromatic N) is 1. The standard InChI is InChI=1S/C13H26N2O2/c1-15(10-12-2-6-14-7-3-12)11-13(16)4-8-17-9-5-13/h12,14,16H,2-11H2,1H3. The summed E-state index contributed by atoms with van der Waals surface area (Å²) in [6.45, 7) is 5.62. The van der Waals surface area contributed by atoms with Crippen LogP contribution < -0.4 is 5.32 Å². The Labute approximate surface area is 104 Å². The fraction of sp³-hybridized carbons (Fsp3) is 1.00. The van der Waals surface area contributed by atoms with Crippen molar-refractivity contribution in [2.75, 3.05) is 46.4 Å². The summed E-state index contributed by atoms with van der Waals surface area (Å²) in [7, 11) is 2.13. The van der Waals surface area contributed by atoms with Crippen molar-refractivity contribution in [2.24, 2.45) is 5.92 Å². The zero-order chi connectivity index (χ0) is 12.1. The second-order valence-corrected chi connectivity index (χ2v) is 5.73. The van der Waals surface area contributed by atoms with Crippen LogP contribution in [-0.4, -0.2) is 62.0 Å². The molecule has 0 radical (unpaired) electrons. The Morgan fingerprint density at radius 2 is 1.94 bits per heavy atom. The van der Waals surface area contributed by atoms with Crippen LogP contribution >= 0.6 is 0 Å². The number of rotatable bonds is 4. The van der Waals surface area contributed by atoms with Crippen LogP contribution in [0.5, 0.6) is 0 Å². The van der Waals surface area contributed by atoms with Crippen LogP contribution in [0.25, 0.3) is 0 Å². The topological polar surface area (TPSA) is 44.7 Å². The highest BCUT2D eigenvalue weighted by molar-refractivity contribution is 4.84. The first-order valence-electron chi connectivity index (χ1n) is 6.87. The summed E-state index contributed by atoms with van der Waals surface area (Å²) < 4.78 is 5.31. The first kappa shape index (κ1) is 13.3. The number of hydrogen-bond acceptors (Lipinski definition) is 4. The van der Waals surface area contributed by atoms with Gasteiger partial charge in [0.1, 0.15) is 0 Å². The van der Waals surface area contributed by atoms with Gasteiger partial charge in [0.15, 0.2) is 0 Å². The maximum atomic E-state index is 10.4. The number of hydrogen-bond donors (Lipinski definition) is 2. The van der Waals surface area contributed by atoms with Crippen LogP contribution in [0.2, 0.25) is 0 Å². The molecule has 0 aromatic carbocycles. The zero-order valence-electron chi connectivity index (χ0n) is 11.0. The van der Waals surface area contributed by atoms with Gasteiger partial charge in [0.05, 0.1) is 5.60 Å². The van der Waals surface area contributed by atoms with E-state index in [4.69, 9.17) is 4.74 Å². The fourth-order valence-corrected chi connectivity index (χ4v) is 2.98. The van der Waals surface area contributed by atoms with Gasteiger partial charge in [0.25, 0.3) is 0 Å². The van der Waals surface area contributed by atoms with Gasteiger partial charge in [0.2, 0.25) is 0 Å². The Bertz CT molecular complexity index is 223. The molecular formula is C13H26N2O2. The van der Waals surface area contributed by atoms with Gasteiger partial charge in [0, 0.05) is 39.1 Å². The molecule has 0 unspecified atom stereocenters. The molecule has 2 rings (SSSR count). The van der Waals surface area contributed by atoms with Gasteiger partial charge in [-0.3, -0.25) is 0 Å². The van der Waals surface area contributed by atoms with E-state index in [0.717, 1.165) is 44.9 Å². The van der Waals surface area contributed by atoms with Crippen LogP contribution in [0.15, 0.2) is 0 Å². The molecule has 0 atom stereocenters. The Balaban J connectivity index is 1.73. The number of nitrogens with one attached hydrogen (secondary N) is 1. The third kappa shape index (κ3) is 4.21. The molecule has 2 aliphatic rings. The summed E-state index contributed by atoms with van der Waals surface area (Å²) in [5.74, 6) is 0.796. The second-order valence-electron chi connectivity index (χ2n) is 5.73. The summed E-state index contributed by atoms with van der Waals surface area (Å²) in [6.07, 6.45) is 4.10. The Hall–Kier alpha value is -0.160. The zero-order valence-corrected chi connectivity index (χ0v) is 11.0. The van der Waals surface area contributed by atoms with Crippen molar-refractivity contribution in [2.45, 2.75) is 31.3 Å².